The van der Waals surface area contributed by atoms with Crippen LogP contribution in [0.25, 0.3) is 4.85 Å². The Bertz CT molecular complexity index is 450. The summed E-state index contributed by atoms with van der Waals surface area (Å²) in [5.74, 6) is 6.92. The second-order valence-electron chi connectivity index (χ2n) is 3.66. The van der Waals surface area contributed by atoms with Gasteiger partial charge in [-0.05, 0) is 37.5 Å². The average molecular weight is 181 g/mol. The Morgan fingerprint density at radius 2 is 2.21 bits per heavy atom. The number of aryl methyl sites for hydroxylation is 1. The first-order chi connectivity index (χ1) is 6.79. The van der Waals surface area contributed by atoms with Crippen molar-refractivity contribution in [3.8, 4) is 11.8 Å². The van der Waals surface area contributed by atoms with Gasteiger partial charge in [-0.2, -0.15) is 0 Å². The summed E-state index contributed by atoms with van der Waals surface area (Å²) in [6, 6.07) is 5.82. The third-order valence-electron chi connectivity index (χ3n) is 2.33. The first-order valence-electron chi connectivity index (χ1n) is 4.79. The topological polar surface area (TPSA) is 4.36 Å². The van der Waals surface area contributed by atoms with E-state index in [0.717, 1.165) is 11.1 Å². The van der Waals surface area contributed by atoms with E-state index in [9.17, 15) is 0 Å². The van der Waals surface area contributed by atoms with Crippen LogP contribution < -0.4 is 0 Å². The molecule has 0 aromatic heterocycles. The zero-order valence-corrected chi connectivity index (χ0v) is 8.17. The minimum Gasteiger partial charge on any atom is -0.238 e. The van der Waals surface area contributed by atoms with E-state index in [2.05, 4.69) is 16.7 Å². The molecule has 0 saturated heterocycles. The Morgan fingerprint density at radius 1 is 1.43 bits per heavy atom. The van der Waals surface area contributed by atoms with Gasteiger partial charge in [0.15, 0.2) is 5.69 Å². The second kappa shape index (κ2) is 3.56. The van der Waals surface area contributed by atoms with Gasteiger partial charge in [0.25, 0.3) is 0 Å². The molecule has 0 radical (unpaired) electrons. The van der Waals surface area contributed by atoms with Crippen molar-refractivity contribution in [1.29, 1.82) is 0 Å². The summed E-state index contributed by atoms with van der Waals surface area (Å²) in [5.41, 5.74) is 2.71. The highest BCUT2D eigenvalue weighted by atomic mass is 14.6. The highest BCUT2D eigenvalue weighted by Crippen LogP contribution is 2.27. The number of nitrogens with zero attached hydrogens (tertiary/aromatic N) is 1. The maximum absolute atomic E-state index is 6.99. The van der Waals surface area contributed by atoms with Crippen LogP contribution in [0.2, 0.25) is 0 Å². The lowest BCUT2D eigenvalue weighted by atomic mass is 10.1. The van der Waals surface area contributed by atoms with E-state index in [1.165, 1.54) is 12.8 Å². The van der Waals surface area contributed by atoms with Crippen molar-refractivity contribution < 1.29 is 0 Å². The van der Waals surface area contributed by atoms with Crippen LogP contribution in [0, 0.1) is 31.3 Å². The lowest BCUT2D eigenvalue weighted by Crippen LogP contribution is -1.77. The minimum atomic E-state index is 0.618. The number of rotatable bonds is 0. The molecule has 0 amide bonds. The van der Waals surface area contributed by atoms with E-state index >= 15 is 0 Å². The predicted molar refractivity (Wildman–Crippen MR) is 57.0 cm³/mol. The van der Waals surface area contributed by atoms with E-state index in [-0.39, 0.29) is 0 Å². The van der Waals surface area contributed by atoms with Crippen LogP contribution in [-0.2, 0) is 0 Å². The standard InChI is InChI=1S/C13H11N/c1-10-3-4-12(9-13(10)14-2)8-7-11-5-6-11/h3-4,9,11H,5-6H2,1H3. The second-order valence-corrected chi connectivity index (χ2v) is 3.66. The fourth-order valence-electron chi connectivity index (χ4n) is 1.22. The number of hydrogen-bond acceptors (Lipinski definition) is 0. The van der Waals surface area contributed by atoms with Gasteiger partial charge < -0.3 is 0 Å². The van der Waals surface area contributed by atoms with Crippen LogP contribution in [0.3, 0.4) is 0 Å². The number of hydrogen-bond donors (Lipinski definition) is 0. The summed E-state index contributed by atoms with van der Waals surface area (Å²) in [6.45, 7) is 8.94. The van der Waals surface area contributed by atoms with Gasteiger partial charge in [0.05, 0.1) is 6.57 Å². The quantitative estimate of drug-likeness (QED) is 0.427. The SMILES string of the molecule is [C-]#[N+]c1cc(C#CC2CC2)ccc1C. The highest BCUT2D eigenvalue weighted by molar-refractivity contribution is 5.56. The zero-order chi connectivity index (χ0) is 9.97. The lowest BCUT2D eigenvalue weighted by molar-refractivity contribution is 1.18. The normalized spacial score (nSPS) is 14.0. The first-order valence-corrected chi connectivity index (χ1v) is 4.79. The molecular formula is C13H11N. The molecule has 2 rings (SSSR count). The smallest absolute Gasteiger partial charge is 0.191 e. The van der Waals surface area contributed by atoms with Crippen LogP contribution in [-0.4, -0.2) is 0 Å². The molecule has 1 fully saturated rings. The van der Waals surface area contributed by atoms with Gasteiger partial charge in [0, 0.05) is 11.5 Å². The van der Waals surface area contributed by atoms with Gasteiger partial charge in [0.1, 0.15) is 0 Å². The fourth-order valence-corrected chi connectivity index (χ4v) is 1.22. The van der Waals surface area contributed by atoms with Crippen LogP contribution in [0.1, 0.15) is 24.0 Å². The monoisotopic (exact) mass is 181 g/mol. The maximum Gasteiger partial charge on any atom is 0.191 e. The summed E-state index contributed by atoms with van der Waals surface area (Å²) in [7, 11) is 0. The van der Waals surface area contributed by atoms with Crippen molar-refractivity contribution in [1.82, 2.24) is 0 Å². The summed E-state index contributed by atoms with van der Waals surface area (Å²) in [6.07, 6.45) is 2.49. The van der Waals surface area contributed by atoms with Gasteiger partial charge in [0.2, 0.25) is 0 Å². The largest absolute Gasteiger partial charge is 0.238 e. The fraction of sp³-hybridized carbons (Fsp3) is 0.308. The molecule has 0 unspecified atom stereocenters. The van der Waals surface area contributed by atoms with Crippen LogP contribution in [0.15, 0.2) is 18.2 Å². The molecule has 1 heteroatoms. The van der Waals surface area contributed by atoms with Gasteiger partial charge >= 0.3 is 0 Å². The highest BCUT2D eigenvalue weighted by Gasteiger charge is 2.17. The molecule has 1 aliphatic carbocycles. The van der Waals surface area contributed by atoms with E-state index < -0.39 is 0 Å². The number of benzene rings is 1. The van der Waals surface area contributed by atoms with E-state index in [1.54, 1.807) is 0 Å². The molecule has 0 atom stereocenters. The van der Waals surface area contributed by atoms with Crippen LogP contribution >= 0.6 is 0 Å². The Labute approximate surface area is 84.6 Å². The van der Waals surface area contributed by atoms with Crippen LogP contribution in [0.4, 0.5) is 5.69 Å². The van der Waals surface area contributed by atoms with Crippen molar-refractivity contribution in [2.24, 2.45) is 5.92 Å². The lowest BCUT2D eigenvalue weighted by Gasteiger charge is -1.96. The minimum absolute atomic E-state index is 0.618. The van der Waals surface area contributed by atoms with Gasteiger partial charge in [-0.25, -0.2) is 4.85 Å². The van der Waals surface area contributed by atoms with E-state index in [0.29, 0.717) is 11.6 Å². The van der Waals surface area contributed by atoms with E-state index in [1.807, 2.05) is 25.1 Å². The summed E-state index contributed by atoms with van der Waals surface area (Å²) >= 11 is 0. The molecule has 0 heterocycles. The average Bonchev–Trinajstić information content (AvgIpc) is 3.00. The Hall–Kier alpha value is -1.73. The van der Waals surface area contributed by atoms with Gasteiger partial charge in [-0.3, -0.25) is 0 Å². The predicted octanol–water partition coefficient (Wildman–Crippen LogP) is 3.31. The molecule has 1 aliphatic rings. The van der Waals surface area contributed by atoms with Crippen LogP contribution in [0.5, 0.6) is 0 Å². The molecule has 68 valence electrons. The molecule has 1 aromatic carbocycles. The Morgan fingerprint density at radius 3 is 2.86 bits per heavy atom. The van der Waals surface area contributed by atoms with Crippen molar-refractivity contribution in [2.45, 2.75) is 19.8 Å². The summed E-state index contributed by atoms with van der Waals surface area (Å²) < 4.78 is 0. The molecule has 1 aromatic rings. The molecule has 0 bridgehead atoms. The summed E-state index contributed by atoms with van der Waals surface area (Å²) in [5, 5.41) is 0. The van der Waals surface area contributed by atoms with Gasteiger partial charge in [-0.15, -0.1) is 0 Å². The zero-order valence-electron chi connectivity index (χ0n) is 8.17. The van der Waals surface area contributed by atoms with Crippen molar-refractivity contribution in [3.63, 3.8) is 0 Å². The molecule has 0 aliphatic heterocycles. The van der Waals surface area contributed by atoms with Crippen molar-refractivity contribution in [3.05, 3.63) is 40.7 Å². The Balaban J connectivity index is 2.28. The molecule has 0 N–H and O–H groups in total. The summed E-state index contributed by atoms with van der Waals surface area (Å²) in [4.78, 5) is 3.46. The van der Waals surface area contributed by atoms with Crippen molar-refractivity contribution in [2.75, 3.05) is 0 Å². The molecule has 1 saturated carbocycles. The Kier molecular flexibility index (Phi) is 2.25. The third kappa shape index (κ3) is 1.95. The van der Waals surface area contributed by atoms with Crippen molar-refractivity contribution >= 4 is 5.69 Å². The van der Waals surface area contributed by atoms with E-state index in [4.69, 9.17) is 6.57 Å². The molecule has 14 heavy (non-hydrogen) atoms. The third-order valence-corrected chi connectivity index (χ3v) is 2.33. The molecule has 0 spiro atoms. The van der Waals surface area contributed by atoms with Gasteiger partial charge in [-0.1, -0.05) is 17.9 Å². The molecular weight excluding hydrogens is 170 g/mol. The maximum atomic E-state index is 6.99. The first kappa shape index (κ1) is 8.85. The molecule has 1 nitrogen and oxygen atoms in total.